The summed E-state index contributed by atoms with van der Waals surface area (Å²) in [6.45, 7) is 17.2. The van der Waals surface area contributed by atoms with Gasteiger partial charge in [0.15, 0.2) is 0 Å². The van der Waals surface area contributed by atoms with Crippen molar-refractivity contribution in [2.24, 2.45) is 10.8 Å². The van der Waals surface area contributed by atoms with Crippen LogP contribution < -0.4 is 9.46 Å². The normalized spacial score (nSPS) is 22.4. The summed E-state index contributed by atoms with van der Waals surface area (Å²) in [4.78, 5) is 39.8. The fourth-order valence-corrected chi connectivity index (χ4v) is 8.79. The van der Waals surface area contributed by atoms with Crippen molar-refractivity contribution in [3.8, 4) is 17.1 Å². The summed E-state index contributed by atoms with van der Waals surface area (Å²) in [5.41, 5.74) is 3.31. The summed E-state index contributed by atoms with van der Waals surface area (Å²) < 4.78 is 41.5. The van der Waals surface area contributed by atoms with Gasteiger partial charge in [-0.05, 0) is 93.5 Å². The Labute approximate surface area is 296 Å². The molecule has 1 fully saturated rings. The molecule has 11 nitrogen and oxygen atoms in total. The summed E-state index contributed by atoms with van der Waals surface area (Å²) >= 11 is 0. The van der Waals surface area contributed by atoms with Crippen molar-refractivity contribution in [1.29, 1.82) is 0 Å². The second kappa shape index (κ2) is 14.2. The van der Waals surface area contributed by atoms with Gasteiger partial charge in [-0.2, -0.15) is 4.98 Å². The van der Waals surface area contributed by atoms with E-state index in [1.54, 1.807) is 23.1 Å². The maximum Gasteiger partial charge on any atom is 0.409 e. The van der Waals surface area contributed by atoms with Crippen LogP contribution in [0, 0.1) is 24.7 Å². The van der Waals surface area contributed by atoms with Gasteiger partial charge in [-0.15, -0.1) is 0 Å². The van der Waals surface area contributed by atoms with Crippen molar-refractivity contribution in [3.63, 3.8) is 0 Å². The van der Waals surface area contributed by atoms with Crippen LogP contribution in [-0.4, -0.2) is 78.6 Å². The van der Waals surface area contributed by atoms with Crippen molar-refractivity contribution >= 4 is 28.0 Å². The number of anilines is 1. The molecule has 2 atom stereocenters. The highest BCUT2D eigenvalue weighted by Gasteiger charge is 2.47. The molecule has 1 aliphatic carbocycles. The second-order valence-corrected chi connectivity index (χ2v) is 17.1. The number of aromatic nitrogens is 2. The van der Waals surface area contributed by atoms with Crippen molar-refractivity contribution in [2.45, 2.75) is 104 Å². The molecule has 1 saturated carbocycles. The van der Waals surface area contributed by atoms with E-state index >= 15 is 0 Å². The smallest absolute Gasteiger partial charge is 0.409 e. The first-order chi connectivity index (χ1) is 23.4. The third kappa shape index (κ3) is 8.06. The molecule has 5 rings (SSSR count). The van der Waals surface area contributed by atoms with Crippen LogP contribution >= 0.6 is 0 Å². The Hall–Kier alpha value is -4.19. The van der Waals surface area contributed by atoms with E-state index in [0.29, 0.717) is 25.1 Å². The van der Waals surface area contributed by atoms with Crippen LogP contribution in [0.2, 0.25) is 0 Å². The summed E-state index contributed by atoms with van der Waals surface area (Å²) in [5, 5.41) is 0. The summed E-state index contributed by atoms with van der Waals surface area (Å²) in [6, 6.07) is 13.2. The largest absolute Gasteiger partial charge is 0.475 e. The third-order valence-electron chi connectivity index (χ3n) is 9.87. The minimum Gasteiger partial charge on any atom is -0.475 e. The van der Waals surface area contributed by atoms with E-state index in [0.717, 1.165) is 29.5 Å². The van der Waals surface area contributed by atoms with Gasteiger partial charge in [0.05, 0.1) is 23.7 Å². The van der Waals surface area contributed by atoms with Crippen molar-refractivity contribution in [3.05, 3.63) is 65.2 Å². The summed E-state index contributed by atoms with van der Waals surface area (Å²) in [5.74, 6) is -0.185. The van der Waals surface area contributed by atoms with E-state index in [4.69, 9.17) is 9.47 Å². The van der Waals surface area contributed by atoms with E-state index in [1.165, 1.54) is 19.2 Å². The van der Waals surface area contributed by atoms with E-state index < -0.39 is 10.0 Å². The molecule has 4 bridgehead atoms. The number of fused-ring (bicyclic) bond motifs is 4. The lowest BCUT2D eigenvalue weighted by atomic mass is 9.63. The van der Waals surface area contributed by atoms with Gasteiger partial charge in [-0.1, -0.05) is 52.0 Å². The Morgan fingerprint density at radius 2 is 1.78 bits per heavy atom. The maximum absolute atomic E-state index is 14.7. The fourth-order valence-electron chi connectivity index (χ4n) is 7.80. The first-order valence-electron chi connectivity index (χ1n) is 17.3. The molecule has 0 saturated heterocycles. The number of rotatable bonds is 7. The first kappa shape index (κ1) is 37.1. The van der Waals surface area contributed by atoms with Crippen LogP contribution in [-0.2, 0) is 14.8 Å². The van der Waals surface area contributed by atoms with Gasteiger partial charge in [0.25, 0.3) is 15.9 Å². The quantitative estimate of drug-likeness (QED) is 0.272. The van der Waals surface area contributed by atoms with Gasteiger partial charge >= 0.3 is 6.09 Å². The molecule has 2 aromatic carbocycles. The van der Waals surface area contributed by atoms with Gasteiger partial charge < -0.3 is 19.3 Å². The van der Waals surface area contributed by atoms with E-state index in [2.05, 4.69) is 42.4 Å². The van der Waals surface area contributed by atoms with Crippen molar-refractivity contribution < 1.29 is 27.5 Å². The van der Waals surface area contributed by atoms with E-state index in [9.17, 15) is 18.0 Å². The molecular formula is C38H51N5O6S. The Morgan fingerprint density at radius 3 is 2.40 bits per heavy atom. The Morgan fingerprint density at radius 1 is 1.12 bits per heavy atom. The second-order valence-electron chi connectivity index (χ2n) is 15.4. The molecular weight excluding hydrogens is 655 g/mol. The van der Waals surface area contributed by atoms with Crippen molar-refractivity contribution in [2.75, 3.05) is 25.0 Å². The maximum atomic E-state index is 14.7. The Bertz CT molecular complexity index is 1830. The van der Waals surface area contributed by atoms with Gasteiger partial charge in [0, 0.05) is 35.8 Å². The Kier molecular flexibility index (Phi) is 10.5. The highest BCUT2D eigenvalue weighted by atomic mass is 32.2. The summed E-state index contributed by atoms with van der Waals surface area (Å²) in [7, 11) is -2.78. The molecule has 50 heavy (non-hydrogen) atoms. The van der Waals surface area contributed by atoms with Crippen LogP contribution in [0.4, 0.5) is 10.7 Å². The van der Waals surface area contributed by atoms with Gasteiger partial charge in [-0.3, -0.25) is 4.79 Å². The molecule has 270 valence electrons. The molecule has 2 heterocycles. The zero-order valence-electron chi connectivity index (χ0n) is 30.7. The van der Waals surface area contributed by atoms with Crippen LogP contribution in [0.25, 0.3) is 11.3 Å². The number of aryl methyl sites for hydroxylation is 2. The van der Waals surface area contributed by atoms with Crippen LogP contribution in [0.5, 0.6) is 5.88 Å². The molecule has 1 N–H and O–H groups in total. The van der Waals surface area contributed by atoms with E-state index in [-0.39, 0.29) is 69.9 Å². The number of nitrogens with zero attached hydrogens (tertiary/aromatic N) is 4. The first-order valence-corrected chi connectivity index (χ1v) is 18.8. The molecule has 3 aromatic rings. The number of ether oxygens (including phenoxy) is 2. The monoisotopic (exact) mass is 705 g/mol. The zero-order valence-corrected chi connectivity index (χ0v) is 31.6. The number of carbonyl (C=O) groups is 2. The SMILES string of the molecule is CCN(C(=O)OC)[C@H]1C[C@](C)(C[C@H](C)N2C(=O)c3cccc(c3)S(=O)(=O)Nc3nc(cc(-c4c(C)cccc4C)n3)OC[C@H]2CC(C)(C)C)C1. The number of hydrogen-bond acceptors (Lipinski definition) is 8. The number of methoxy groups -OCH3 is 1. The molecule has 12 heteroatoms. The lowest BCUT2D eigenvalue weighted by Gasteiger charge is -2.52. The number of sulfonamides is 1. The predicted molar refractivity (Wildman–Crippen MR) is 194 cm³/mol. The highest BCUT2D eigenvalue weighted by Crippen LogP contribution is 2.48. The molecule has 0 radical (unpaired) electrons. The third-order valence-corrected chi connectivity index (χ3v) is 11.2. The average molecular weight is 706 g/mol. The lowest BCUT2D eigenvalue weighted by molar-refractivity contribution is -0.0132. The Balaban J connectivity index is 1.58. The van der Waals surface area contributed by atoms with Crippen LogP contribution in [0.3, 0.4) is 0 Å². The number of hydrogen-bond donors (Lipinski definition) is 1. The fraction of sp³-hybridized carbons (Fsp3) is 0.526. The van der Waals surface area contributed by atoms with Gasteiger partial charge in [0.2, 0.25) is 11.8 Å². The van der Waals surface area contributed by atoms with Gasteiger partial charge in [-0.25, -0.2) is 22.9 Å². The minimum atomic E-state index is -4.17. The topological polar surface area (TPSA) is 131 Å². The molecule has 2 aliphatic rings. The molecule has 1 aromatic heterocycles. The number of amides is 2. The highest BCUT2D eigenvalue weighted by molar-refractivity contribution is 7.92. The van der Waals surface area contributed by atoms with Crippen LogP contribution in [0.15, 0.2) is 53.4 Å². The van der Waals surface area contributed by atoms with Gasteiger partial charge in [0.1, 0.15) is 6.61 Å². The molecule has 1 aliphatic heterocycles. The summed E-state index contributed by atoms with van der Waals surface area (Å²) in [6.07, 6.45) is 2.54. The lowest BCUT2D eigenvalue weighted by Crippen LogP contribution is -2.56. The number of nitrogens with one attached hydrogen (secondary N) is 1. The standard InChI is InChI=1S/C38H51N5O6S/c1-10-42(36(45)48-9)28-21-38(8,22-28)19-26(4)43-29(20-37(5,6)7)23-49-32-18-31(33-24(2)13-11-14-25(33)3)39-35(40-32)41-50(46,47)30-16-12-15-27(17-30)34(43)44/h11-18,26,28-29H,10,19-23H2,1-9H3,(H,39,40,41)/t26-,28-,29+,38-/m0/s1. The number of carbonyl (C=O) groups excluding carboxylic acids is 2. The molecule has 0 unspecified atom stereocenters. The van der Waals surface area contributed by atoms with E-state index in [1.807, 2.05) is 50.8 Å². The zero-order chi connectivity index (χ0) is 36.6. The minimum absolute atomic E-state index is 0.0662. The van der Waals surface area contributed by atoms with Crippen molar-refractivity contribution in [1.82, 2.24) is 19.8 Å². The average Bonchev–Trinajstić information content (AvgIpc) is 3.02. The molecule has 2 amide bonds. The molecule has 0 spiro atoms. The van der Waals surface area contributed by atoms with Crippen LogP contribution in [0.1, 0.15) is 88.7 Å². The number of benzene rings is 2. The predicted octanol–water partition coefficient (Wildman–Crippen LogP) is 7.24.